The standard InChI is InChI=1S/C16H20ClN3O3/c1-2-23-14(21)11-4-3-5-16(9-11)6-7-20(15(16)22)13-8-12(17)18-10-19-13/h8,10-11H,2-7,9H2,1H3/t11-,16+/m1/s1. The Morgan fingerprint density at radius 3 is 3.04 bits per heavy atom. The SMILES string of the molecule is CCOC(=O)[C@@H]1CCC[C@]2(CCN(c3cc(Cl)ncn3)C2=O)C1. The van der Waals surface area contributed by atoms with Gasteiger partial charge in [-0.1, -0.05) is 18.0 Å². The Hall–Kier alpha value is -1.69. The third kappa shape index (κ3) is 3.04. The first kappa shape index (κ1) is 16.2. The Balaban J connectivity index is 1.78. The van der Waals surface area contributed by atoms with E-state index >= 15 is 0 Å². The number of amides is 1. The number of anilines is 1. The number of esters is 1. The van der Waals surface area contributed by atoms with Crippen LogP contribution in [0.3, 0.4) is 0 Å². The molecule has 23 heavy (non-hydrogen) atoms. The summed E-state index contributed by atoms with van der Waals surface area (Å²) < 4.78 is 5.14. The fourth-order valence-electron chi connectivity index (χ4n) is 3.76. The highest BCUT2D eigenvalue weighted by Crippen LogP contribution is 2.48. The van der Waals surface area contributed by atoms with Crippen LogP contribution in [0.15, 0.2) is 12.4 Å². The zero-order valence-electron chi connectivity index (χ0n) is 13.1. The normalized spacial score (nSPS) is 27.5. The second-order valence-corrected chi connectivity index (χ2v) is 6.62. The Labute approximate surface area is 140 Å². The van der Waals surface area contributed by atoms with Crippen molar-refractivity contribution in [2.75, 3.05) is 18.1 Å². The smallest absolute Gasteiger partial charge is 0.308 e. The molecule has 1 aromatic heterocycles. The Morgan fingerprint density at radius 2 is 2.30 bits per heavy atom. The molecule has 2 heterocycles. The lowest BCUT2D eigenvalue weighted by Gasteiger charge is -2.35. The van der Waals surface area contributed by atoms with Crippen molar-refractivity contribution < 1.29 is 14.3 Å². The lowest BCUT2D eigenvalue weighted by molar-refractivity contribution is -0.151. The van der Waals surface area contributed by atoms with Gasteiger partial charge in [0.05, 0.1) is 17.9 Å². The van der Waals surface area contributed by atoms with Crippen LogP contribution in [-0.4, -0.2) is 35.0 Å². The summed E-state index contributed by atoms with van der Waals surface area (Å²) in [6.07, 6.45) is 5.15. The minimum Gasteiger partial charge on any atom is -0.466 e. The zero-order chi connectivity index (χ0) is 16.4. The maximum Gasteiger partial charge on any atom is 0.308 e. The van der Waals surface area contributed by atoms with Crippen LogP contribution in [0.25, 0.3) is 0 Å². The summed E-state index contributed by atoms with van der Waals surface area (Å²) in [7, 11) is 0. The second kappa shape index (κ2) is 6.43. The third-order valence-corrected chi connectivity index (χ3v) is 5.08. The van der Waals surface area contributed by atoms with Crippen molar-refractivity contribution in [2.24, 2.45) is 11.3 Å². The van der Waals surface area contributed by atoms with E-state index in [0.717, 1.165) is 25.7 Å². The summed E-state index contributed by atoms with van der Waals surface area (Å²) in [5, 5.41) is 0.316. The molecule has 124 valence electrons. The van der Waals surface area contributed by atoms with E-state index in [-0.39, 0.29) is 17.8 Å². The van der Waals surface area contributed by atoms with Gasteiger partial charge in [0, 0.05) is 12.6 Å². The molecular formula is C16H20ClN3O3. The fraction of sp³-hybridized carbons (Fsp3) is 0.625. The van der Waals surface area contributed by atoms with Crippen molar-refractivity contribution >= 4 is 29.3 Å². The minimum absolute atomic E-state index is 0.0428. The van der Waals surface area contributed by atoms with Crippen molar-refractivity contribution in [2.45, 2.75) is 39.0 Å². The number of hydrogen-bond donors (Lipinski definition) is 0. The number of aromatic nitrogens is 2. The number of carbonyl (C=O) groups is 2. The molecule has 1 aliphatic carbocycles. The molecule has 0 unspecified atom stereocenters. The van der Waals surface area contributed by atoms with Crippen molar-refractivity contribution in [1.82, 2.24) is 9.97 Å². The molecule has 1 aromatic rings. The fourth-order valence-corrected chi connectivity index (χ4v) is 3.90. The monoisotopic (exact) mass is 337 g/mol. The number of ether oxygens (including phenoxy) is 1. The van der Waals surface area contributed by atoms with Gasteiger partial charge >= 0.3 is 5.97 Å². The van der Waals surface area contributed by atoms with Gasteiger partial charge in [-0.05, 0) is 32.6 Å². The van der Waals surface area contributed by atoms with Crippen LogP contribution in [0.5, 0.6) is 0 Å². The number of halogens is 1. The lowest BCUT2D eigenvalue weighted by atomic mass is 9.68. The molecule has 1 amide bonds. The summed E-state index contributed by atoms with van der Waals surface area (Å²) in [5.41, 5.74) is -0.465. The first-order valence-electron chi connectivity index (χ1n) is 8.02. The number of hydrogen-bond acceptors (Lipinski definition) is 5. The van der Waals surface area contributed by atoms with Crippen molar-refractivity contribution in [1.29, 1.82) is 0 Å². The van der Waals surface area contributed by atoms with Crippen LogP contribution in [-0.2, 0) is 14.3 Å². The van der Waals surface area contributed by atoms with E-state index in [2.05, 4.69) is 9.97 Å². The molecule has 7 heteroatoms. The molecule has 2 fully saturated rings. The molecule has 2 aliphatic rings. The topological polar surface area (TPSA) is 72.4 Å². The molecule has 0 N–H and O–H groups in total. The van der Waals surface area contributed by atoms with Gasteiger partial charge < -0.3 is 4.74 Å². The van der Waals surface area contributed by atoms with E-state index in [1.807, 2.05) is 0 Å². The van der Waals surface area contributed by atoms with Gasteiger partial charge in [0.1, 0.15) is 17.3 Å². The molecule has 6 nitrogen and oxygen atoms in total. The van der Waals surface area contributed by atoms with Crippen LogP contribution in [0.2, 0.25) is 5.15 Å². The maximum atomic E-state index is 13.0. The lowest BCUT2D eigenvalue weighted by Crippen LogP contribution is -2.40. The Morgan fingerprint density at radius 1 is 1.48 bits per heavy atom. The van der Waals surface area contributed by atoms with E-state index in [1.54, 1.807) is 17.9 Å². The van der Waals surface area contributed by atoms with Crippen molar-refractivity contribution in [3.63, 3.8) is 0 Å². The van der Waals surface area contributed by atoms with Crippen LogP contribution < -0.4 is 4.90 Å². The molecular weight excluding hydrogens is 318 g/mol. The first-order valence-corrected chi connectivity index (χ1v) is 8.40. The van der Waals surface area contributed by atoms with E-state index < -0.39 is 5.41 Å². The molecule has 0 bridgehead atoms. The predicted octanol–water partition coefficient (Wildman–Crippen LogP) is 2.61. The highest BCUT2D eigenvalue weighted by molar-refractivity contribution is 6.29. The van der Waals surface area contributed by atoms with E-state index in [1.165, 1.54) is 6.33 Å². The summed E-state index contributed by atoms with van der Waals surface area (Å²) in [6.45, 7) is 2.78. The molecule has 1 saturated carbocycles. The van der Waals surface area contributed by atoms with Gasteiger partial charge in [0.25, 0.3) is 0 Å². The van der Waals surface area contributed by atoms with Crippen LogP contribution in [0.1, 0.15) is 39.0 Å². The summed E-state index contributed by atoms with van der Waals surface area (Å²) in [5.74, 6) is 0.218. The molecule has 1 spiro atoms. The van der Waals surface area contributed by atoms with Crippen LogP contribution in [0, 0.1) is 11.3 Å². The van der Waals surface area contributed by atoms with Crippen molar-refractivity contribution in [3.05, 3.63) is 17.5 Å². The van der Waals surface area contributed by atoms with Gasteiger partial charge in [-0.25, -0.2) is 9.97 Å². The summed E-state index contributed by atoms with van der Waals surface area (Å²) in [4.78, 5) is 34.7. The Kier molecular flexibility index (Phi) is 4.53. The molecule has 0 radical (unpaired) electrons. The van der Waals surface area contributed by atoms with Crippen molar-refractivity contribution in [3.8, 4) is 0 Å². The summed E-state index contributed by atoms with van der Waals surface area (Å²) >= 11 is 5.90. The highest BCUT2D eigenvalue weighted by Gasteiger charge is 2.51. The molecule has 1 aliphatic heterocycles. The average Bonchev–Trinajstić information content (AvgIpc) is 2.84. The Bertz CT molecular complexity index is 624. The van der Waals surface area contributed by atoms with Crippen LogP contribution in [0.4, 0.5) is 5.82 Å². The zero-order valence-corrected chi connectivity index (χ0v) is 13.9. The third-order valence-electron chi connectivity index (χ3n) is 4.87. The van der Waals surface area contributed by atoms with E-state index in [0.29, 0.717) is 30.5 Å². The number of rotatable bonds is 3. The molecule has 1 saturated heterocycles. The van der Waals surface area contributed by atoms with Gasteiger partial charge in [-0.3, -0.25) is 14.5 Å². The maximum absolute atomic E-state index is 13.0. The minimum atomic E-state index is -0.465. The number of nitrogens with zero attached hydrogens (tertiary/aromatic N) is 3. The average molecular weight is 338 g/mol. The predicted molar refractivity (Wildman–Crippen MR) is 85.0 cm³/mol. The van der Waals surface area contributed by atoms with Gasteiger partial charge in [-0.2, -0.15) is 0 Å². The summed E-state index contributed by atoms with van der Waals surface area (Å²) in [6, 6.07) is 1.60. The largest absolute Gasteiger partial charge is 0.466 e. The van der Waals surface area contributed by atoms with Gasteiger partial charge in [0.15, 0.2) is 0 Å². The molecule has 0 aromatic carbocycles. The van der Waals surface area contributed by atoms with Gasteiger partial charge in [0.2, 0.25) is 5.91 Å². The van der Waals surface area contributed by atoms with Gasteiger partial charge in [-0.15, -0.1) is 0 Å². The molecule has 2 atom stereocenters. The van der Waals surface area contributed by atoms with E-state index in [4.69, 9.17) is 16.3 Å². The number of carbonyl (C=O) groups excluding carboxylic acids is 2. The van der Waals surface area contributed by atoms with Crippen LogP contribution >= 0.6 is 11.6 Å². The quantitative estimate of drug-likeness (QED) is 0.626. The second-order valence-electron chi connectivity index (χ2n) is 6.23. The van der Waals surface area contributed by atoms with E-state index in [9.17, 15) is 9.59 Å². The first-order chi connectivity index (χ1) is 11.1. The molecule has 3 rings (SSSR count). The highest BCUT2D eigenvalue weighted by atomic mass is 35.5.